The molecule has 0 bridgehead atoms. The molecule has 5 heterocycles. The van der Waals surface area contributed by atoms with E-state index in [-0.39, 0.29) is 41.8 Å². The SMILES string of the molecule is CCC(N=C([O-])OC)C(=O)N1C[C@@H](COC)C[C@H]1c1nc2c(ccc3cc4c(cc32)OCc2cc(-c3cnc([C@@H]5CC[C@H](C)N5C(=O)C(NC(=O)OC)[C@@H](C)CC)[nH]3)ccc2-4)[nH]1. The molecule has 7 atom stereocenters. The van der Waals surface area contributed by atoms with Crippen LogP contribution in [0.2, 0.25) is 0 Å². The van der Waals surface area contributed by atoms with Gasteiger partial charge in [0.15, 0.2) is 0 Å². The second kappa shape index (κ2) is 17.7. The highest BCUT2D eigenvalue weighted by Gasteiger charge is 2.42. The topological polar surface area (TPSA) is 199 Å². The third-order valence-electron chi connectivity index (χ3n) is 12.9. The number of imidazole rings is 2. The number of hydrogen-bond acceptors (Lipinski definition) is 11. The van der Waals surface area contributed by atoms with E-state index in [0.29, 0.717) is 44.2 Å². The van der Waals surface area contributed by atoms with E-state index in [1.807, 2.05) is 50.9 Å². The molecule has 0 saturated carbocycles. The summed E-state index contributed by atoms with van der Waals surface area (Å²) < 4.78 is 21.5. The summed E-state index contributed by atoms with van der Waals surface area (Å²) in [7, 11) is 4.20. The van der Waals surface area contributed by atoms with Gasteiger partial charge in [0, 0.05) is 36.6 Å². The Kier molecular flexibility index (Phi) is 12.1. The molecule has 3 N–H and O–H groups in total. The molecule has 3 aliphatic heterocycles. The molecule has 16 nitrogen and oxygen atoms in total. The summed E-state index contributed by atoms with van der Waals surface area (Å²) in [4.78, 5) is 64.6. The monoisotopic (exact) mass is 847 g/mol. The highest BCUT2D eigenvalue weighted by atomic mass is 16.6. The number of likely N-dealkylation sites (tertiary alicyclic amines) is 2. The van der Waals surface area contributed by atoms with E-state index < -0.39 is 24.3 Å². The van der Waals surface area contributed by atoms with Crippen molar-refractivity contribution in [3.63, 3.8) is 0 Å². The molecule has 3 aliphatic rings. The van der Waals surface area contributed by atoms with E-state index in [1.54, 1.807) is 12.0 Å². The summed E-state index contributed by atoms with van der Waals surface area (Å²) in [5.41, 5.74) is 6.49. The van der Waals surface area contributed by atoms with Gasteiger partial charge < -0.3 is 49.1 Å². The highest BCUT2D eigenvalue weighted by molar-refractivity contribution is 6.07. The number of benzene rings is 3. The Morgan fingerprint density at radius 1 is 0.984 bits per heavy atom. The lowest BCUT2D eigenvalue weighted by Crippen LogP contribution is -2.53. The molecule has 0 radical (unpaired) electrons. The number of rotatable bonds is 12. The number of aliphatic imine (C=N–C) groups is 1. The van der Waals surface area contributed by atoms with Crippen LogP contribution in [0.15, 0.2) is 53.7 Å². The molecule has 0 spiro atoms. The van der Waals surface area contributed by atoms with Gasteiger partial charge in [0.05, 0.1) is 48.7 Å². The number of carbonyl (C=O) groups excluding carboxylic acids is 3. The summed E-state index contributed by atoms with van der Waals surface area (Å²) in [6.45, 7) is 9.13. The van der Waals surface area contributed by atoms with Crippen LogP contribution in [0.4, 0.5) is 4.79 Å². The van der Waals surface area contributed by atoms with E-state index >= 15 is 0 Å². The summed E-state index contributed by atoms with van der Waals surface area (Å²) in [5.74, 6) is 1.76. The van der Waals surface area contributed by atoms with Crippen molar-refractivity contribution in [2.24, 2.45) is 16.8 Å². The van der Waals surface area contributed by atoms with Crippen molar-refractivity contribution < 1.29 is 38.4 Å². The molecule has 5 aromatic rings. The van der Waals surface area contributed by atoms with E-state index in [9.17, 15) is 19.5 Å². The zero-order valence-electron chi connectivity index (χ0n) is 36.3. The number of H-pyrrole nitrogens is 2. The Labute approximate surface area is 360 Å². The van der Waals surface area contributed by atoms with Crippen LogP contribution >= 0.6 is 0 Å². The number of aromatic amines is 2. The zero-order valence-corrected chi connectivity index (χ0v) is 36.3. The molecular formula is C46H55N8O8-. The van der Waals surface area contributed by atoms with Gasteiger partial charge in [-0.3, -0.25) is 14.6 Å². The highest BCUT2D eigenvalue weighted by Crippen LogP contribution is 2.44. The molecule has 2 fully saturated rings. The van der Waals surface area contributed by atoms with Gasteiger partial charge in [-0.15, -0.1) is 0 Å². The lowest BCUT2D eigenvalue weighted by Gasteiger charge is -2.33. The molecule has 2 aromatic heterocycles. The number of fused-ring (bicyclic) bond motifs is 6. The minimum atomic E-state index is -0.855. The van der Waals surface area contributed by atoms with Gasteiger partial charge in [-0.1, -0.05) is 45.4 Å². The summed E-state index contributed by atoms with van der Waals surface area (Å²) in [6, 6.07) is 12.4. The Hall–Kier alpha value is -6.16. The number of hydrogen-bond donors (Lipinski definition) is 3. The van der Waals surface area contributed by atoms with Gasteiger partial charge in [-0.2, -0.15) is 0 Å². The molecule has 2 saturated heterocycles. The Balaban J connectivity index is 1.05. The molecular weight excluding hydrogens is 793 g/mol. The van der Waals surface area contributed by atoms with Gasteiger partial charge in [0.1, 0.15) is 42.2 Å². The average Bonchev–Trinajstić information content (AvgIpc) is 4.11. The van der Waals surface area contributed by atoms with Gasteiger partial charge >= 0.3 is 6.09 Å². The summed E-state index contributed by atoms with van der Waals surface area (Å²) in [6.07, 6.45) is 3.71. The number of ether oxygens (including phenoxy) is 4. The molecule has 0 aliphatic carbocycles. The Bertz CT molecular complexity index is 2510. The molecule has 8 rings (SSSR count). The lowest BCUT2D eigenvalue weighted by atomic mass is 9.92. The number of aromatic nitrogens is 4. The van der Waals surface area contributed by atoms with Crippen LogP contribution in [0.1, 0.15) is 89.1 Å². The second-order valence-electron chi connectivity index (χ2n) is 16.8. The van der Waals surface area contributed by atoms with Crippen molar-refractivity contribution in [3.05, 3.63) is 65.9 Å². The fourth-order valence-corrected chi connectivity index (χ4v) is 9.41. The third-order valence-corrected chi connectivity index (χ3v) is 12.9. The van der Waals surface area contributed by atoms with Crippen molar-refractivity contribution in [1.82, 2.24) is 35.1 Å². The van der Waals surface area contributed by atoms with Crippen molar-refractivity contribution in [2.45, 2.75) is 96.6 Å². The first kappa shape index (κ1) is 42.5. The number of nitrogens with one attached hydrogen (secondary N) is 3. The van der Waals surface area contributed by atoms with Crippen LogP contribution in [0.5, 0.6) is 5.75 Å². The molecule has 2 unspecified atom stereocenters. The normalized spacial score (nSPS) is 21.3. The number of alkyl carbamates (subject to hydrolysis) is 1. The number of carbonyl (C=O) groups is 3. The van der Waals surface area contributed by atoms with Crippen molar-refractivity contribution in [1.29, 1.82) is 0 Å². The van der Waals surface area contributed by atoms with Gasteiger partial charge in [-0.25, -0.2) is 14.8 Å². The van der Waals surface area contributed by atoms with Crippen LogP contribution in [-0.4, -0.2) is 106 Å². The average molecular weight is 848 g/mol. The minimum absolute atomic E-state index is 0.0202. The Morgan fingerprint density at radius 3 is 2.55 bits per heavy atom. The maximum absolute atomic E-state index is 14.0. The molecule has 16 heteroatoms. The van der Waals surface area contributed by atoms with Crippen molar-refractivity contribution in [3.8, 4) is 28.1 Å². The largest absolute Gasteiger partial charge is 0.604 e. The first-order valence-electron chi connectivity index (χ1n) is 21.5. The van der Waals surface area contributed by atoms with Gasteiger partial charge in [0.2, 0.25) is 11.8 Å². The Morgan fingerprint density at radius 2 is 1.81 bits per heavy atom. The van der Waals surface area contributed by atoms with E-state index in [4.69, 9.17) is 28.9 Å². The fourth-order valence-electron chi connectivity index (χ4n) is 9.41. The number of nitrogens with zero attached hydrogens (tertiary/aromatic N) is 5. The quantitative estimate of drug-likeness (QED) is 0.0965. The molecule has 62 heavy (non-hydrogen) atoms. The van der Waals surface area contributed by atoms with Crippen LogP contribution in [0, 0.1) is 11.8 Å². The van der Waals surface area contributed by atoms with Crippen LogP contribution in [0.3, 0.4) is 0 Å². The van der Waals surface area contributed by atoms with E-state index in [2.05, 4.69) is 50.6 Å². The minimum Gasteiger partial charge on any atom is -0.604 e. The molecule has 328 valence electrons. The van der Waals surface area contributed by atoms with Crippen molar-refractivity contribution >= 4 is 45.8 Å². The standard InChI is InChI=1S/C46H56N8O8/c1-8-24(3)39(52-46(58)61-7)44(56)54-25(4)10-15-36(54)41-47-20-35(49-41)28-11-13-30-29(17-28)23-62-38-19-31-27(18-32(30)38)12-14-34-40(31)51-42(48-34)37-16-26(22-59-5)21-53(37)43(55)33(9-2)50-45(57)60-6/h11-14,17-20,24-26,33,36-37,39H,8-10,15-16,21-23H2,1-7H3,(H,47,49)(H,48,51)(H,50,57)(H,52,58)/p-1/t24-,25-,26-,33?,36-,37-,39?/m0/s1. The summed E-state index contributed by atoms with van der Waals surface area (Å²) in [5, 5.41) is 16.7. The molecule has 3 aromatic carbocycles. The van der Waals surface area contributed by atoms with Crippen molar-refractivity contribution in [2.75, 3.05) is 34.5 Å². The van der Waals surface area contributed by atoms with Crippen LogP contribution in [-0.2, 0) is 30.4 Å². The zero-order chi connectivity index (χ0) is 43.8. The van der Waals surface area contributed by atoms with Crippen LogP contribution in [0.25, 0.3) is 44.2 Å². The fraction of sp³-hybridized carbons (Fsp3) is 0.478. The smallest absolute Gasteiger partial charge is 0.407 e. The first-order chi connectivity index (χ1) is 30.0. The predicted octanol–water partition coefficient (Wildman–Crippen LogP) is 6.17. The summed E-state index contributed by atoms with van der Waals surface area (Å²) >= 11 is 0. The van der Waals surface area contributed by atoms with E-state index in [0.717, 1.165) is 74.8 Å². The number of amides is 3. The maximum Gasteiger partial charge on any atom is 0.407 e. The van der Waals surface area contributed by atoms with Gasteiger partial charge in [-0.05, 0) is 92.0 Å². The number of methoxy groups -OCH3 is 3. The second-order valence-corrected chi connectivity index (χ2v) is 16.8. The predicted molar refractivity (Wildman–Crippen MR) is 231 cm³/mol. The van der Waals surface area contributed by atoms with Gasteiger partial charge in [0.25, 0.3) is 0 Å². The molecule has 3 amide bonds. The third kappa shape index (κ3) is 7.91. The van der Waals surface area contributed by atoms with E-state index in [1.165, 1.54) is 14.2 Å². The maximum atomic E-state index is 14.0. The lowest BCUT2D eigenvalue weighted by molar-refractivity contribution is -0.248. The van der Waals surface area contributed by atoms with Crippen LogP contribution < -0.4 is 15.2 Å². The first-order valence-corrected chi connectivity index (χ1v) is 21.5.